The molecule has 2 aliphatic carbocycles. The van der Waals surface area contributed by atoms with E-state index in [0.29, 0.717) is 12.1 Å². The van der Waals surface area contributed by atoms with E-state index >= 15 is 0 Å². The van der Waals surface area contributed by atoms with Gasteiger partial charge in [0.25, 0.3) is 0 Å². The molecule has 1 amide bonds. The number of carbonyl (C=O) groups is 1. The molecule has 2 atom stereocenters. The van der Waals surface area contributed by atoms with Crippen LogP contribution in [0.4, 0.5) is 4.79 Å². The number of methoxy groups -OCH3 is 1. The highest BCUT2D eigenvalue weighted by Gasteiger charge is 2.40. The molecular weight excluding hydrogens is 280 g/mol. The zero-order valence-electron chi connectivity index (χ0n) is 14.5. The van der Waals surface area contributed by atoms with Gasteiger partial charge in [-0.2, -0.15) is 0 Å². The lowest BCUT2D eigenvalue weighted by Crippen LogP contribution is -2.61. The molecule has 0 bridgehead atoms. The molecule has 0 saturated heterocycles. The van der Waals surface area contributed by atoms with Crippen molar-refractivity contribution in [2.75, 3.05) is 13.7 Å². The number of hydrogen-bond donors (Lipinski definition) is 2. The lowest BCUT2D eigenvalue weighted by atomic mass is 9.76. The van der Waals surface area contributed by atoms with Crippen molar-refractivity contribution in [3.05, 3.63) is 0 Å². The number of ether oxygens (including phenoxy) is 2. The van der Waals surface area contributed by atoms with Gasteiger partial charge in [-0.05, 0) is 65.7 Å². The molecule has 128 valence electrons. The number of alkyl carbamates (subject to hydrolysis) is 1. The highest BCUT2D eigenvalue weighted by atomic mass is 16.6. The lowest BCUT2D eigenvalue weighted by Gasteiger charge is -2.44. The van der Waals surface area contributed by atoms with Crippen molar-refractivity contribution in [2.24, 2.45) is 0 Å². The van der Waals surface area contributed by atoms with E-state index in [4.69, 9.17) is 9.47 Å². The van der Waals surface area contributed by atoms with Crippen molar-refractivity contribution in [3.63, 3.8) is 0 Å². The molecule has 2 fully saturated rings. The Labute approximate surface area is 134 Å². The highest BCUT2D eigenvalue weighted by Crippen LogP contribution is 2.32. The summed E-state index contributed by atoms with van der Waals surface area (Å²) in [6.07, 6.45) is 7.94. The quantitative estimate of drug-likeness (QED) is 0.819. The van der Waals surface area contributed by atoms with Crippen LogP contribution >= 0.6 is 0 Å². The normalized spacial score (nSPS) is 27.8. The Morgan fingerprint density at radius 3 is 2.50 bits per heavy atom. The molecular formula is C17H32N2O3. The van der Waals surface area contributed by atoms with Crippen LogP contribution < -0.4 is 10.6 Å². The Morgan fingerprint density at radius 1 is 1.23 bits per heavy atom. The monoisotopic (exact) mass is 312 g/mol. The van der Waals surface area contributed by atoms with Crippen molar-refractivity contribution in [1.82, 2.24) is 10.6 Å². The SMILES string of the molecule is COC1CCCC(NCC2(NC(=O)OC(C)(C)C)CCC2)C1. The minimum atomic E-state index is -0.447. The summed E-state index contributed by atoms with van der Waals surface area (Å²) in [5.41, 5.74) is -0.570. The van der Waals surface area contributed by atoms with E-state index in [2.05, 4.69) is 10.6 Å². The molecule has 0 aliphatic heterocycles. The second kappa shape index (κ2) is 7.18. The van der Waals surface area contributed by atoms with Crippen LogP contribution in [-0.4, -0.2) is 43.0 Å². The first-order valence-corrected chi connectivity index (χ1v) is 8.59. The largest absolute Gasteiger partial charge is 0.444 e. The predicted molar refractivity (Wildman–Crippen MR) is 87.0 cm³/mol. The molecule has 2 aliphatic rings. The van der Waals surface area contributed by atoms with Crippen molar-refractivity contribution in [1.29, 1.82) is 0 Å². The zero-order valence-corrected chi connectivity index (χ0v) is 14.5. The van der Waals surface area contributed by atoms with Gasteiger partial charge in [-0.25, -0.2) is 4.79 Å². The van der Waals surface area contributed by atoms with Gasteiger partial charge >= 0.3 is 6.09 Å². The molecule has 0 spiro atoms. The Kier molecular flexibility index (Phi) is 5.72. The number of nitrogens with one attached hydrogen (secondary N) is 2. The summed E-state index contributed by atoms with van der Waals surface area (Å²) in [6, 6.07) is 0.497. The van der Waals surface area contributed by atoms with Crippen LogP contribution in [0.3, 0.4) is 0 Å². The number of amides is 1. The highest BCUT2D eigenvalue weighted by molar-refractivity contribution is 5.69. The van der Waals surface area contributed by atoms with Crippen molar-refractivity contribution >= 4 is 6.09 Å². The van der Waals surface area contributed by atoms with Crippen LogP contribution in [0.5, 0.6) is 0 Å². The Bertz CT molecular complexity index is 375. The van der Waals surface area contributed by atoms with E-state index in [0.717, 1.165) is 32.2 Å². The van der Waals surface area contributed by atoms with Gasteiger partial charge < -0.3 is 20.1 Å². The third kappa shape index (κ3) is 5.13. The standard InChI is InChI=1S/C17H32N2O3/c1-16(2,3)22-15(20)19-17(9-6-10-17)12-18-13-7-5-8-14(11-13)21-4/h13-14,18H,5-12H2,1-4H3,(H,19,20). The second-order valence-electron chi connectivity index (χ2n) is 7.86. The summed E-state index contributed by atoms with van der Waals surface area (Å²) in [7, 11) is 1.80. The van der Waals surface area contributed by atoms with Gasteiger partial charge in [-0.1, -0.05) is 0 Å². The van der Waals surface area contributed by atoms with E-state index < -0.39 is 5.60 Å². The van der Waals surface area contributed by atoms with Gasteiger partial charge in [0.2, 0.25) is 0 Å². The fraction of sp³-hybridized carbons (Fsp3) is 0.941. The molecule has 0 heterocycles. The van der Waals surface area contributed by atoms with Crippen molar-refractivity contribution in [2.45, 2.75) is 89.0 Å². The van der Waals surface area contributed by atoms with Crippen LogP contribution in [0.25, 0.3) is 0 Å². The topological polar surface area (TPSA) is 59.6 Å². The first kappa shape index (κ1) is 17.5. The molecule has 2 unspecified atom stereocenters. The third-order valence-electron chi connectivity index (χ3n) is 4.77. The second-order valence-corrected chi connectivity index (χ2v) is 7.86. The summed E-state index contributed by atoms with van der Waals surface area (Å²) in [4.78, 5) is 12.0. The van der Waals surface area contributed by atoms with Crippen molar-refractivity contribution < 1.29 is 14.3 Å². The van der Waals surface area contributed by atoms with Gasteiger partial charge in [-0.3, -0.25) is 0 Å². The molecule has 0 aromatic carbocycles. The van der Waals surface area contributed by atoms with Crippen LogP contribution in [-0.2, 0) is 9.47 Å². The summed E-state index contributed by atoms with van der Waals surface area (Å²) in [6.45, 7) is 6.51. The Hall–Kier alpha value is -0.810. The van der Waals surface area contributed by atoms with Gasteiger partial charge in [0.1, 0.15) is 5.60 Å². The summed E-state index contributed by atoms with van der Waals surface area (Å²) < 4.78 is 10.9. The maximum Gasteiger partial charge on any atom is 0.408 e. The fourth-order valence-corrected chi connectivity index (χ4v) is 3.35. The molecule has 5 heteroatoms. The first-order chi connectivity index (χ1) is 10.3. The van der Waals surface area contributed by atoms with Crippen LogP contribution in [0, 0.1) is 0 Å². The van der Waals surface area contributed by atoms with E-state index in [9.17, 15) is 4.79 Å². The van der Waals surface area contributed by atoms with E-state index in [-0.39, 0.29) is 11.6 Å². The maximum absolute atomic E-state index is 12.0. The molecule has 0 radical (unpaired) electrons. The lowest BCUT2D eigenvalue weighted by molar-refractivity contribution is 0.0350. The molecule has 2 saturated carbocycles. The smallest absolute Gasteiger partial charge is 0.408 e. The summed E-state index contributed by atoms with van der Waals surface area (Å²) in [5.74, 6) is 0. The predicted octanol–water partition coefficient (Wildman–Crippen LogP) is 2.98. The molecule has 5 nitrogen and oxygen atoms in total. The van der Waals surface area contributed by atoms with Crippen LogP contribution in [0.15, 0.2) is 0 Å². The summed E-state index contributed by atoms with van der Waals surface area (Å²) >= 11 is 0. The minimum Gasteiger partial charge on any atom is -0.444 e. The molecule has 2 rings (SSSR count). The van der Waals surface area contributed by atoms with E-state index in [1.807, 2.05) is 20.8 Å². The Balaban J connectivity index is 1.79. The van der Waals surface area contributed by atoms with Gasteiger partial charge in [0.15, 0.2) is 0 Å². The average Bonchev–Trinajstić information content (AvgIpc) is 2.40. The molecule has 0 aromatic heterocycles. The number of hydrogen-bond acceptors (Lipinski definition) is 4. The van der Waals surface area contributed by atoms with Crippen molar-refractivity contribution in [3.8, 4) is 0 Å². The van der Waals surface area contributed by atoms with E-state index in [1.54, 1.807) is 7.11 Å². The number of rotatable bonds is 5. The van der Waals surface area contributed by atoms with Gasteiger partial charge in [0.05, 0.1) is 11.6 Å². The maximum atomic E-state index is 12.0. The van der Waals surface area contributed by atoms with Crippen LogP contribution in [0.2, 0.25) is 0 Å². The molecule has 0 aromatic rings. The van der Waals surface area contributed by atoms with Gasteiger partial charge in [-0.15, -0.1) is 0 Å². The first-order valence-electron chi connectivity index (χ1n) is 8.59. The minimum absolute atomic E-state index is 0.123. The number of carbonyl (C=O) groups excluding carboxylic acids is 1. The third-order valence-corrected chi connectivity index (χ3v) is 4.77. The molecule has 2 N–H and O–H groups in total. The molecule has 22 heavy (non-hydrogen) atoms. The van der Waals surface area contributed by atoms with Crippen LogP contribution in [0.1, 0.15) is 65.7 Å². The Morgan fingerprint density at radius 2 is 1.95 bits per heavy atom. The fourth-order valence-electron chi connectivity index (χ4n) is 3.35. The van der Waals surface area contributed by atoms with Gasteiger partial charge in [0, 0.05) is 19.7 Å². The average molecular weight is 312 g/mol. The van der Waals surface area contributed by atoms with E-state index in [1.165, 1.54) is 19.3 Å². The zero-order chi connectivity index (χ0) is 16.2. The summed E-state index contributed by atoms with van der Waals surface area (Å²) in [5, 5.41) is 6.74.